The van der Waals surface area contributed by atoms with Crippen LogP contribution in [0.5, 0.6) is 0 Å². The number of benzene rings is 1. The summed E-state index contributed by atoms with van der Waals surface area (Å²) in [6.07, 6.45) is 0.00119. The van der Waals surface area contributed by atoms with E-state index in [2.05, 4.69) is 5.32 Å². The van der Waals surface area contributed by atoms with Crippen LogP contribution in [0.15, 0.2) is 30.3 Å². The van der Waals surface area contributed by atoms with Crippen LogP contribution in [0.3, 0.4) is 0 Å². The zero-order chi connectivity index (χ0) is 15.4. The number of ketones is 1. The van der Waals surface area contributed by atoms with E-state index in [1.54, 1.807) is 6.07 Å². The maximum Gasteiger partial charge on any atom is 0.224 e. The van der Waals surface area contributed by atoms with Crippen LogP contribution < -0.4 is 5.32 Å². The standard InChI is InChI=1S/C15H13F2NO2S/c1-9-2-6-14(21-9)13(19)5-7-15(20)18-12-4-3-10(16)8-11(12)17/h2-4,6,8H,5,7H2,1H3,(H,18,20). The predicted molar refractivity (Wildman–Crippen MR) is 77.6 cm³/mol. The number of Topliss-reactive ketones (excluding diaryl/α,β-unsaturated/α-hetero) is 1. The Bertz CT molecular complexity index is 682. The average Bonchev–Trinajstić information content (AvgIpc) is 2.86. The minimum atomic E-state index is -0.844. The molecule has 0 fully saturated rings. The van der Waals surface area contributed by atoms with Gasteiger partial charge in [-0.2, -0.15) is 0 Å². The van der Waals surface area contributed by atoms with Crippen molar-refractivity contribution in [2.45, 2.75) is 19.8 Å². The molecule has 0 radical (unpaired) electrons. The molecule has 0 saturated carbocycles. The molecule has 1 aromatic carbocycles. The third-order valence-electron chi connectivity index (χ3n) is 2.80. The molecule has 1 amide bonds. The smallest absolute Gasteiger partial charge is 0.224 e. The number of hydrogen-bond acceptors (Lipinski definition) is 3. The van der Waals surface area contributed by atoms with E-state index in [-0.39, 0.29) is 24.3 Å². The summed E-state index contributed by atoms with van der Waals surface area (Å²) in [6, 6.07) is 6.45. The summed E-state index contributed by atoms with van der Waals surface area (Å²) in [5, 5.41) is 2.32. The van der Waals surface area contributed by atoms with Crippen molar-refractivity contribution in [1.82, 2.24) is 0 Å². The fraction of sp³-hybridized carbons (Fsp3) is 0.200. The molecule has 0 unspecified atom stereocenters. The van der Waals surface area contributed by atoms with E-state index >= 15 is 0 Å². The van der Waals surface area contributed by atoms with Crippen LogP contribution in [-0.4, -0.2) is 11.7 Å². The van der Waals surface area contributed by atoms with Gasteiger partial charge in [0.15, 0.2) is 5.78 Å². The minimum Gasteiger partial charge on any atom is -0.324 e. The van der Waals surface area contributed by atoms with Crippen molar-refractivity contribution >= 4 is 28.7 Å². The monoisotopic (exact) mass is 309 g/mol. The van der Waals surface area contributed by atoms with Gasteiger partial charge in [0.25, 0.3) is 0 Å². The second-order valence-electron chi connectivity index (χ2n) is 4.51. The maximum atomic E-state index is 13.4. The van der Waals surface area contributed by atoms with Crippen LogP contribution in [0, 0.1) is 18.6 Å². The molecule has 0 aliphatic rings. The highest BCUT2D eigenvalue weighted by atomic mass is 32.1. The molecule has 0 aliphatic carbocycles. The van der Waals surface area contributed by atoms with Crippen molar-refractivity contribution < 1.29 is 18.4 Å². The first kappa shape index (κ1) is 15.3. The maximum absolute atomic E-state index is 13.4. The Kier molecular flexibility index (Phi) is 4.80. The molecule has 1 aromatic heterocycles. The molecular weight excluding hydrogens is 296 g/mol. The Morgan fingerprint density at radius 1 is 1.14 bits per heavy atom. The third kappa shape index (κ3) is 4.19. The van der Waals surface area contributed by atoms with Gasteiger partial charge >= 0.3 is 0 Å². The molecule has 0 bridgehead atoms. The second-order valence-corrected chi connectivity index (χ2v) is 5.79. The summed E-state index contributed by atoms with van der Waals surface area (Å²) in [7, 11) is 0. The van der Waals surface area contributed by atoms with Gasteiger partial charge in [-0.3, -0.25) is 9.59 Å². The molecule has 0 spiro atoms. The van der Waals surface area contributed by atoms with Gasteiger partial charge in [-0.1, -0.05) is 0 Å². The first-order valence-corrected chi connectivity index (χ1v) is 7.12. The largest absolute Gasteiger partial charge is 0.324 e. The topological polar surface area (TPSA) is 46.2 Å². The van der Waals surface area contributed by atoms with E-state index in [9.17, 15) is 18.4 Å². The SMILES string of the molecule is Cc1ccc(C(=O)CCC(=O)Nc2ccc(F)cc2F)s1. The quantitative estimate of drug-likeness (QED) is 0.850. The number of halogens is 2. The van der Waals surface area contributed by atoms with Gasteiger partial charge in [0.2, 0.25) is 5.91 Å². The first-order chi connectivity index (χ1) is 9.95. The molecule has 2 aromatic rings. The van der Waals surface area contributed by atoms with Gasteiger partial charge in [0, 0.05) is 23.8 Å². The van der Waals surface area contributed by atoms with Gasteiger partial charge < -0.3 is 5.32 Å². The first-order valence-electron chi connectivity index (χ1n) is 6.30. The molecule has 0 saturated heterocycles. The lowest BCUT2D eigenvalue weighted by Gasteiger charge is -2.05. The Balaban J connectivity index is 1.89. The lowest BCUT2D eigenvalue weighted by Crippen LogP contribution is -2.14. The minimum absolute atomic E-state index is 0.0490. The molecule has 1 heterocycles. The summed E-state index contributed by atoms with van der Waals surface area (Å²) < 4.78 is 26.1. The molecule has 110 valence electrons. The fourth-order valence-electron chi connectivity index (χ4n) is 1.74. The number of carbonyl (C=O) groups excluding carboxylic acids is 2. The Labute approximate surface area is 124 Å². The van der Waals surface area contributed by atoms with Crippen LogP contribution in [0.4, 0.5) is 14.5 Å². The summed E-state index contributed by atoms with van der Waals surface area (Å²) in [6.45, 7) is 1.89. The van der Waals surface area contributed by atoms with E-state index in [0.717, 1.165) is 17.0 Å². The van der Waals surface area contributed by atoms with Crippen molar-refractivity contribution in [3.63, 3.8) is 0 Å². The molecule has 21 heavy (non-hydrogen) atoms. The van der Waals surface area contributed by atoms with Gasteiger partial charge in [0.05, 0.1) is 10.6 Å². The van der Waals surface area contributed by atoms with Gasteiger partial charge in [0.1, 0.15) is 11.6 Å². The van der Waals surface area contributed by atoms with E-state index in [4.69, 9.17) is 0 Å². The van der Waals surface area contributed by atoms with Crippen molar-refractivity contribution in [3.05, 3.63) is 51.7 Å². The number of hydrogen-bond donors (Lipinski definition) is 1. The fourth-order valence-corrected chi connectivity index (χ4v) is 2.57. The number of aryl methyl sites for hydroxylation is 1. The molecule has 0 atom stereocenters. The Morgan fingerprint density at radius 3 is 2.52 bits per heavy atom. The highest BCUT2D eigenvalue weighted by Crippen LogP contribution is 2.18. The average molecular weight is 309 g/mol. The van der Waals surface area contributed by atoms with E-state index in [1.807, 2.05) is 13.0 Å². The third-order valence-corrected chi connectivity index (χ3v) is 3.84. The van der Waals surface area contributed by atoms with Crippen molar-refractivity contribution in [1.29, 1.82) is 0 Å². The summed E-state index contributed by atoms with van der Waals surface area (Å²) in [4.78, 5) is 25.1. The second kappa shape index (κ2) is 6.58. The van der Waals surface area contributed by atoms with Crippen molar-refractivity contribution in [2.75, 3.05) is 5.32 Å². The molecule has 3 nitrogen and oxygen atoms in total. The zero-order valence-electron chi connectivity index (χ0n) is 11.3. The number of amides is 1. The zero-order valence-corrected chi connectivity index (χ0v) is 12.1. The number of anilines is 1. The predicted octanol–water partition coefficient (Wildman–Crippen LogP) is 3.94. The van der Waals surface area contributed by atoms with Gasteiger partial charge in [-0.15, -0.1) is 11.3 Å². The number of nitrogens with one attached hydrogen (secondary N) is 1. The van der Waals surface area contributed by atoms with Gasteiger partial charge in [-0.25, -0.2) is 8.78 Å². The van der Waals surface area contributed by atoms with E-state index in [1.165, 1.54) is 11.3 Å². The van der Waals surface area contributed by atoms with Crippen molar-refractivity contribution in [3.8, 4) is 0 Å². The molecule has 0 aliphatic heterocycles. The van der Waals surface area contributed by atoms with Crippen LogP contribution in [-0.2, 0) is 4.79 Å². The van der Waals surface area contributed by atoms with Crippen LogP contribution in [0.1, 0.15) is 27.4 Å². The van der Waals surface area contributed by atoms with Crippen LogP contribution >= 0.6 is 11.3 Å². The lowest BCUT2D eigenvalue weighted by molar-refractivity contribution is -0.116. The Morgan fingerprint density at radius 2 is 1.90 bits per heavy atom. The molecular formula is C15H13F2NO2S. The normalized spacial score (nSPS) is 10.4. The number of carbonyl (C=O) groups is 2. The number of rotatable bonds is 5. The lowest BCUT2D eigenvalue weighted by atomic mass is 10.2. The molecule has 6 heteroatoms. The van der Waals surface area contributed by atoms with Crippen LogP contribution in [0.25, 0.3) is 0 Å². The van der Waals surface area contributed by atoms with E-state index in [0.29, 0.717) is 10.9 Å². The number of thiophene rings is 1. The highest BCUT2D eigenvalue weighted by Gasteiger charge is 2.12. The van der Waals surface area contributed by atoms with Gasteiger partial charge in [-0.05, 0) is 31.2 Å². The summed E-state index contributed by atoms with van der Waals surface area (Å²) in [5.41, 5.74) is -0.0965. The molecule has 1 N–H and O–H groups in total. The molecule has 2 rings (SSSR count). The highest BCUT2D eigenvalue weighted by molar-refractivity contribution is 7.14. The van der Waals surface area contributed by atoms with Crippen LogP contribution in [0.2, 0.25) is 0 Å². The summed E-state index contributed by atoms with van der Waals surface area (Å²) in [5.74, 6) is -2.16. The van der Waals surface area contributed by atoms with E-state index < -0.39 is 17.5 Å². The van der Waals surface area contributed by atoms with Crippen molar-refractivity contribution in [2.24, 2.45) is 0 Å². The summed E-state index contributed by atoms with van der Waals surface area (Å²) >= 11 is 1.37. The Hall–Kier alpha value is -2.08.